The van der Waals surface area contributed by atoms with E-state index in [1.807, 2.05) is 12.2 Å². The highest BCUT2D eigenvalue weighted by Gasteiger charge is 2.48. The smallest absolute Gasteiger partial charge is 0.0227 e. The Balaban J connectivity index is 2.00. The van der Waals surface area contributed by atoms with Crippen molar-refractivity contribution in [3.05, 3.63) is 96.6 Å². The summed E-state index contributed by atoms with van der Waals surface area (Å²) in [6.45, 7) is 6.09. The maximum atomic E-state index is 3.75. The average Bonchev–Trinajstić information content (AvgIpc) is 3.15. The minimum absolute atomic E-state index is 0.141. The Hall–Kier alpha value is -2.34. The fourth-order valence-corrected chi connectivity index (χ4v) is 3.15. The Labute approximate surface area is 127 Å². The topological polar surface area (TPSA) is 0 Å². The largest absolute Gasteiger partial charge is 0.0991 e. The Kier molecular flexibility index (Phi) is 3.62. The van der Waals surface area contributed by atoms with Crippen molar-refractivity contribution < 1.29 is 0 Å². The molecular weight excluding hydrogens is 252 g/mol. The van der Waals surface area contributed by atoms with Gasteiger partial charge in [-0.1, -0.05) is 92.4 Å². The molecule has 0 saturated carbocycles. The van der Waals surface area contributed by atoms with Crippen LogP contribution in [-0.2, 0) is 0 Å². The molecule has 2 aromatic carbocycles. The van der Waals surface area contributed by atoms with E-state index in [0.717, 1.165) is 6.42 Å². The lowest BCUT2D eigenvalue weighted by atomic mass is 9.91. The molecule has 0 bridgehead atoms. The minimum atomic E-state index is 0.141. The van der Waals surface area contributed by atoms with Crippen molar-refractivity contribution in [1.29, 1.82) is 0 Å². The predicted molar refractivity (Wildman–Crippen MR) is 91.8 cm³/mol. The highest BCUT2D eigenvalue weighted by atomic mass is 14.5. The van der Waals surface area contributed by atoms with Crippen molar-refractivity contribution in [2.24, 2.45) is 5.41 Å². The first kappa shape index (κ1) is 13.6. The van der Waals surface area contributed by atoms with Crippen LogP contribution in [0.2, 0.25) is 0 Å². The van der Waals surface area contributed by atoms with Crippen LogP contribution in [0.3, 0.4) is 0 Å². The van der Waals surface area contributed by atoms with Gasteiger partial charge in [0.05, 0.1) is 0 Å². The van der Waals surface area contributed by atoms with Crippen molar-refractivity contribution in [1.82, 2.24) is 0 Å². The molecule has 104 valence electrons. The predicted octanol–water partition coefficient (Wildman–Crippen LogP) is 5.75. The van der Waals surface area contributed by atoms with Gasteiger partial charge < -0.3 is 0 Å². The lowest BCUT2D eigenvalue weighted by Gasteiger charge is -2.12. The molecule has 0 nitrogen and oxygen atoms in total. The molecule has 0 fully saturated rings. The molecule has 21 heavy (non-hydrogen) atoms. The third-order valence-electron chi connectivity index (χ3n) is 4.21. The lowest BCUT2D eigenvalue weighted by Crippen LogP contribution is -1.99. The molecule has 0 radical (unpaired) electrons. The van der Waals surface area contributed by atoms with Crippen molar-refractivity contribution in [3.63, 3.8) is 0 Å². The maximum absolute atomic E-state index is 3.75. The molecule has 0 aliphatic heterocycles. The van der Waals surface area contributed by atoms with E-state index in [1.165, 1.54) is 22.3 Å². The van der Waals surface area contributed by atoms with E-state index in [2.05, 4.69) is 80.2 Å². The van der Waals surface area contributed by atoms with E-state index in [-0.39, 0.29) is 5.41 Å². The molecule has 1 aliphatic rings. The van der Waals surface area contributed by atoms with Crippen molar-refractivity contribution in [2.45, 2.75) is 13.3 Å². The van der Waals surface area contributed by atoms with Gasteiger partial charge in [-0.05, 0) is 28.7 Å². The van der Waals surface area contributed by atoms with Gasteiger partial charge in [-0.15, -0.1) is 0 Å². The molecule has 2 aromatic rings. The van der Waals surface area contributed by atoms with Crippen LogP contribution in [0.1, 0.15) is 24.5 Å². The second kappa shape index (κ2) is 5.57. The summed E-state index contributed by atoms with van der Waals surface area (Å²) >= 11 is 0. The second-order valence-corrected chi connectivity index (χ2v) is 5.68. The molecule has 0 heteroatoms. The Morgan fingerprint density at radius 1 is 0.857 bits per heavy atom. The monoisotopic (exact) mass is 272 g/mol. The summed E-state index contributed by atoms with van der Waals surface area (Å²) < 4.78 is 0. The van der Waals surface area contributed by atoms with E-state index in [4.69, 9.17) is 0 Å². The lowest BCUT2D eigenvalue weighted by molar-refractivity contribution is 0.680. The van der Waals surface area contributed by atoms with E-state index in [0.29, 0.717) is 0 Å². The molecule has 1 aliphatic carbocycles. The molecule has 0 atom stereocenters. The molecule has 0 heterocycles. The summed E-state index contributed by atoms with van der Waals surface area (Å²) in [7, 11) is 0. The number of benzene rings is 2. The maximum Gasteiger partial charge on any atom is 0.0227 e. The van der Waals surface area contributed by atoms with Crippen LogP contribution in [-0.4, -0.2) is 0 Å². The first-order valence-corrected chi connectivity index (χ1v) is 7.41. The normalized spacial score (nSPS) is 16.2. The second-order valence-electron chi connectivity index (χ2n) is 5.68. The van der Waals surface area contributed by atoms with Gasteiger partial charge in [0.15, 0.2) is 0 Å². The molecule has 0 spiro atoms. The van der Waals surface area contributed by atoms with Crippen molar-refractivity contribution in [3.8, 4) is 0 Å². The molecule has 0 saturated heterocycles. The number of allylic oxidation sites excluding steroid dienone is 5. The van der Waals surface area contributed by atoms with Crippen LogP contribution in [0, 0.1) is 5.41 Å². The molecular formula is C21H20. The fourth-order valence-electron chi connectivity index (χ4n) is 3.15. The van der Waals surface area contributed by atoms with E-state index >= 15 is 0 Å². The van der Waals surface area contributed by atoms with Crippen LogP contribution in [0.5, 0.6) is 0 Å². The molecule has 0 aromatic heterocycles. The third kappa shape index (κ3) is 2.50. The molecule has 0 N–H and O–H groups in total. The van der Waals surface area contributed by atoms with E-state index < -0.39 is 0 Å². The number of hydrogen-bond acceptors (Lipinski definition) is 0. The fraction of sp³-hybridized carbons (Fsp3) is 0.143. The van der Waals surface area contributed by atoms with E-state index in [1.54, 1.807) is 0 Å². The zero-order valence-corrected chi connectivity index (χ0v) is 12.4. The summed E-state index contributed by atoms with van der Waals surface area (Å²) in [5.41, 5.74) is 5.77. The highest BCUT2D eigenvalue weighted by molar-refractivity contribution is 6.14. The van der Waals surface area contributed by atoms with Gasteiger partial charge >= 0.3 is 0 Å². The third-order valence-corrected chi connectivity index (χ3v) is 4.21. The van der Waals surface area contributed by atoms with Gasteiger partial charge in [-0.25, -0.2) is 0 Å². The molecule has 0 unspecified atom stereocenters. The average molecular weight is 272 g/mol. The van der Waals surface area contributed by atoms with Crippen LogP contribution in [0.4, 0.5) is 0 Å². The van der Waals surface area contributed by atoms with Crippen LogP contribution in [0.25, 0.3) is 11.1 Å². The summed E-state index contributed by atoms with van der Waals surface area (Å²) in [5.74, 6) is 0. The van der Waals surface area contributed by atoms with Crippen molar-refractivity contribution >= 4 is 11.1 Å². The van der Waals surface area contributed by atoms with Gasteiger partial charge in [0.2, 0.25) is 0 Å². The number of rotatable bonds is 5. The van der Waals surface area contributed by atoms with Gasteiger partial charge in [0, 0.05) is 5.41 Å². The zero-order chi connectivity index (χ0) is 14.7. The first-order chi connectivity index (χ1) is 10.3. The summed E-state index contributed by atoms with van der Waals surface area (Å²) in [6, 6.07) is 21.4. The summed E-state index contributed by atoms with van der Waals surface area (Å²) in [6.07, 6.45) is 7.12. The standard InChI is InChI=1S/C21H20/c1-3-4-11-16-21(2)19(17-12-7-5-8-13-17)20(21)18-14-9-6-10-15-18/h3-15H,1,16H2,2H3/b11-4+. The van der Waals surface area contributed by atoms with Gasteiger partial charge in [-0.3, -0.25) is 0 Å². The Morgan fingerprint density at radius 3 is 1.76 bits per heavy atom. The molecule has 0 amide bonds. The quantitative estimate of drug-likeness (QED) is 0.608. The molecule has 3 rings (SSSR count). The van der Waals surface area contributed by atoms with E-state index in [9.17, 15) is 0 Å². The first-order valence-electron chi connectivity index (χ1n) is 7.41. The summed E-state index contributed by atoms with van der Waals surface area (Å²) in [4.78, 5) is 0. The van der Waals surface area contributed by atoms with Crippen LogP contribution >= 0.6 is 0 Å². The Morgan fingerprint density at radius 2 is 1.33 bits per heavy atom. The zero-order valence-electron chi connectivity index (χ0n) is 12.4. The minimum Gasteiger partial charge on any atom is -0.0991 e. The van der Waals surface area contributed by atoms with Crippen molar-refractivity contribution in [2.75, 3.05) is 0 Å². The van der Waals surface area contributed by atoms with Crippen LogP contribution < -0.4 is 0 Å². The SMILES string of the molecule is C=C/C=C/CC1(C)C(c2ccccc2)=C1c1ccccc1. The van der Waals surface area contributed by atoms with Gasteiger partial charge in [0.25, 0.3) is 0 Å². The Bertz CT molecular complexity index is 638. The number of hydrogen-bond donors (Lipinski definition) is 0. The summed E-state index contributed by atoms with van der Waals surface area (Å²) in [5, 5.41) is 0. The van der Waals surface area contributed by atoms with Gasteiger partial charge in [0.1, 0.15) is 0 Å². The van der Waals surface area contributed by atoms with Gasteiger partial charge in [-0.2, -0.15) is 0 Å². The van der Waals surface area contributed by atoms with Crippen LogP contribution in [0.15, 0.2) is 85.5 Å². The highest BCUT2D eigenvalue weighted by Crippen LogP contribution is 2.65.